The van der Waals surface area contributed by atoms with E-state index in [9.17, 15) is 13.6 Å². The summed E-state index contributed by atoms with van der Waals surface area (Å²) in [6.07, 6.45) is -2.65. The van der Waals surface area contributed by atoms with Crippen LogP contribution in [0.1, 0.15) is 39.7 Å². The number of ether oxygens (including phenoxy) is 1. The van der Waals surface area contributed by atoms with Gasteiger partial charge in [-0.25, -0.2) is 18.6 Å². The number of nitrogens with zero attached hydrogens (tertiary/aromatic N) is 2. The molecule has 7 heteroatoms. The summed E-state index contributed by atoms with van der Waals surface area (Å²) in [4.78, 5) is 17.8. The third-order valence-electron chi connectivity index (χ3n) is 4.41. The van der Waals surface area contributed by atoms with Crippen molar-refractivity contribution in [3.05, 3.63) is 89.1 Å². The Morgan fingerprint density at radius 2 is 1.59 bits per heavy atom. The number of carbonyl (C=O) groups excluding carboxylic acids is 1. The van der Waals surface area contributed by atoms with Gasteiger partial charge in [-0.05, 0) is 11.1 Å². The number of oxazole rings is 1. The topological polar surface area (TPSA) is 55.6 Å². The Hall–Kier alpha value is -3.06. The Bertz CT molecular complexity index is 873. The van der Waals surface area contributed by atoms with Gasteiger partial charge in [0.15, 0.2) is 11.6 Å². The van der Waals surface area contributed by atoms with Crippen LogP contribution in [-0.4, -0.2) is 29.5 Å². The van der Waals surface area contributed by atoms with Crippen molar-refractivity contribution in [2.75, 3.05) is 13.7 Å². The lowest BCUT2D eigenvalue weighted by molar-refractivity contribution is 0.0574. The highest BCUT2D eigenvalue weighted by atomic mass is 19.3. The first-order valence-corrected chi connectivity index (χ1v) is 9.23. The molecule has 0 aliphatic rings. The fourth-order valence-electron chi connectivity index (χ4n) is 3.03. The molecular formula is C22H22F2N2O3. The van der Waals surface area contributed by atoms with Crippen LogP contribution in [0.5, 0.6) is 0 Å². The molecule has 0 amide bonds. The zero-order valence-electron chi connectivity index (χ0n) is 16.1. The number of hydrogen-bond acceptors (Lipinski definition) is 5. The number of rotatable bonds is 9. The van der Waals surface area contributed by atoms with E-state index in [0.717, 1.165) is 18.2 Å². The van der Waals surface area contributed by atoms with Crippen molar-refractivity contribution < 1.29 is 22.7 Å². The molecule has 152 valence electrons. The number of methoxy groups -OCH3 is 1. The van der Waals surface area contributed by atoms with Crippen molar-refractivity contribution in [2.24, 2.45) is 0 Å². The number of alkyl halides is 2. The van der Waals surface area contributed by atoms with Crippen LogP contribution >= 0.6 is 0 Å². The average molecular weight is 400 g/mol. The number of hydrogen-bond donors (Lipinski definition) is 0. The molecule has 0 unspecified atom stereocenters. The lowest BCUT2D eigenvalue weighted by Crippen LogP contribution is -2.25. The van der Waals surface area contributed by atoms with E-state index in [1.54, 1.807) is 0 Å². The van der Waals surface area contributed by atoms with Crippen molar-refractivity contribution >= 4 is 5.97 Å². The van der Waals surface area contributed by atoms with E-state index in [1.165, 1.54) is 0 Å². The van der Waals surface area contributed by atoms with Crippen LogP contribution in [0.15, 0.2) is 65.1 Å². The van der Waals surface area contributed by atoms with Crippen molar-refractivity contribution in [1.82, 2.24) is 9.88 Å². The Kier molecular flexibility index (Phi) is 7.08. The summed E-state index contributed by atoms with van der Waals surface area (Å²) in [6, 6.07) is 19.9. The lowest BCUT2D eigenvalue weighted by Gasteiger charge is -2.22. The van der Waals surface area contributed by atoms with E-state index in [-0.39, 0.29) is 12.3 Å². The third kappa shape index (κ3) is 5.71. The van der Waals surface area contributed by atoms with Crippen LogP contribution in [0.25, 0.3) is 0 Å². The van der Waals surface area contributed by atoms with Crippen molar-refractivity contribution in [1.29, 1.82) is 0 Å². The van der Waals surface area contributed by atoms with Crippen LogP contribution in [0.2, 0.25) is 0 Å². The minimum absolute atomic E-state index is 0.0897. The highest BCUT2D eigenvalue weighted by molar-refractivity contribution is 5.88. The van der Waals surface area contributed by atoms with Gasteiger partial charge < -0.3 is 9.15 Å². The summed E-state index contributed by atoms with van der Waals surface area (Å²) >= 11 is 0. The van der Waals surface area contributed by atoms with Gasteiger partial charge in [0.25, 0.3) is 6.43 Å². The number of carbonyl (C=O) groups is 1. The largest absolute Gasteiger partial charge is 0.464 e. The molecule has 2 aromatic carbocycles. The van der Waals surface area contributed by atoms with E-state index >= 15 is 0 Å². The van der Waals surface area contributed by atoms with Gasteiger partial charge >= 0.3 is 5.97 Å². The quantitative estimate of drug-likeness (QED) is 0.490. The highest BCUT2D eigenvalue weighted by Crippen LogP contribution is 2.25. The van der Waals surface area contributed by atoms with Gasteiger partial charge in [-0.3, -0.25) is 4.90 Å². The predicted molar refractivity (Wildman–Crippen MR) is 104 cm³/mol. The third-order valence-corrected chi connectivity index (χ3v) is 4.41. The van der Waals surface area contributed by atoms with E-state index in [4.69, 9.17) is 4.42 Å². The van der Waals surface area contributed by atoms with E-state index in [2.05, 4.69) is 14.6 Å². The first kappa shape index (κ1) is 20.7. The summed E-state index contributed by atoms with van der Waals surface area (Å²) in [5.41, 5.74) is 1.81. The second kappa shape index (κ2) is 9.93. The maximum Gasteiger partial charge on any atom is 0.360 e. The van der Waals surface area contributed by atoms with Gasteiger partial charge in [0.1, 0.15) is 0 Å². The molecule has 0 aliphatic carbocycles. The van der Waals surface area contributed by atoms with Crippen LogP contribution < -0.4 is 0 Å². The normalized spacial score (nSPS) is 11.2. The van der Waals surface area contributed by atoms with Crippen LogP contribution in [0.4, 0.5) is 8.78 Å². The second-order valence-corrected chi connectivity index (χ2v) is 6.54. The van der Waals surface area contributed by atoms with E-state index in [1.807, 2.05) is 60.7 Å². The highest BCUT2D eigenvalue weighted by Gasteiger charge is 2.27. The second-order valence-electron chi connectivity index (χ2n) is 6.54. The molecule has 5 nitrogen and oxygen atoms in total. The Balaban J connectivity index is 1.74. The van der Waals surface area contributed by atoms with Crippen LogP contribution in [0.3, 0.4) is 0 Å². The van der Waals surface area contributed by atoms with Crippen molar-refractivity contribution in [2.45, 2.75) is 25.9 Å². The first-order valence-electron chi connectivity index (χ1n) is 9.23. The predicted octanol–water partition coefficient (Wildman–Crippen LogP) is 4.64. The van der Waals surface area contributed by atoms with Gasteiger partial charge in [0.05, 0.1) is 7.11 Å². The van der Waals surface area contributed by atoms with Crippen LogP contribution in [-0.2, 0) is 24.2 Å². The van der Waals surface area contributed by atoms with Gasteiger partial charge in [-0.1, -0.05) is 60.7 Å². The Labute approximate surface area is 167 Å². The summed E-state index contributed by atoms with van der Waals surface area (Å²) in [5.74, 6) is -1.59. The van der Waals surface area contributed by atoms with Gasteiger partial charge in [-0.2, -0.15) is 0 Å². The minimum Gasteiger partial charge on any atom is -0.464 e. The molecule has 1 aromatic heterocycles. The molecule has 3 rings (SSSR count). The van der Waals surface area contributed by atoms with Crippen LogP contribution in [0, 0.1) is 0 Å². The molecule has 0 fully saturated rings. The Morgan fingerprint density at radius 1 is 1.03 bits per heavy atom. The van der Waals surface area contributed by atoms with Crippen molar-refractivity contribution in [3.63, 3.8) is 0 Å². The molecule has 0 N–H and O–H groups in total. The smallest absolute Gasteiger partial charge is 0.360 e. The summed E-state index contributed by atoms with van der Waals surface area (Å²) in [5, 5.41) is 0. The molecule has 0 aliphatic heterocycles. The Morgan fingerprint density at radius 3 is 2.07 bits per heavy atom. The minimum atomic E-state index is -2.94. The maximum absolute atomic E-state index is 13.2. The average Bonchev–Trinajstić information content (AvgIpc) is 3.18. The SMILES string of the molecule is COC(=O)c1nc(CCN(Cc2ccccc2)Cc2ccccc2)oc1C(F)F. The lowest BCUT2D eigenvalue weighted by atomic mass is 10.1. The van der Waals surface area contributed by atoms with Gasteiger partial charge in [-0.15, -0.1) is 0 Å². The van der Waals surface area contributed by atoms with Gasteiger partial charge in [0.2, 0.25) is 5.76 Å². The molecule has 29 heavy (non-hydrogen) atoms. The van der Waals surface area contributed by atoms with Gasteiger partial charge in [0, 0.05) is 26.1 Å². The molecule has 1 heterocycles. The summed E-state index contributed by atoms with van der Waals surface area (Å²) < 4.78 is 36.0. The zero-order valence-corrected chi connectivity index (χ0v) is 16.1. The first-order chi connectivity index (χ1) is 14.1. The molecule has 3 aromatic rings. The molecule has 0 atom stereocenters. The number of halogens is 2. The molecular weight excluding hydrogens is 378 g/mol. The molecule has 0 radical (unpaired) electrons. The number of benzene rings is 2. The molecule has 0 bridgehead atoms. The molecule has 0 saturated carbocycles. The monoisotopic (exact) mass is 400 g/mol. The summed E-state index contributed by atoms with van der Waals surface area (Å²) in [6.45, 7) is 1.89. The van der Waals surface area contributed by atoms with Crippen molar-refractivity contribution in [3.8, 4) is 0 Å². The van der Waals surface area contributed by atoms with E-state index < -0.39 is 23.8 Å². The number of aromatic nitrogens is 1. The standard InChI is InChI=1S/C22H22F2N2O3/c1-28-22(27)19-20(21(23)24)29-18(25-19)12-13-26(14-16-8-4-2-5-9-16)15-17-10-6-3-7-11-17/h2-11,21H,12-15H2,1H3. The molecule has 0 spiro atoms. The maximum atomic E-state index is 13.2. The fraction of sp³-hybridized carbons (Fsp3) is 0.273. The molecule has 0 saturated heterocycles. The fourth-order valence-corrected chi connectivity index (χ4v) is 3.03. The zero-order chi connectivity index (χ0) is 20.6. The summed E-state index contributed by atoms with van der Waals surface area (Å²) in [7, 11) is 1.12. The van der Waals surface area contributed by atoms with E-state index in [0.29, 0.717) is 19.6 Å². The number of esters is 1.